The molecule has 1 aromatic carbocycles. The van der Waals surface area contributed by atoms with Gasteiger partial charge in [-0.15, -0.1) is 0 Å². The lowest BCUT2D eigenvalue weighted by molar-refractivity contribution is 0.0876. The molecule has 1 aliphatic rings. The van der Waals surface area contributed by atoms with E-state index in [4.69, 9.17) is 16.3 Å². The first-order chi connectivity index (χ1) is 7.66. The lowest BCUT2D eigenvalue weighted by Gasteiger charge is -2.25. The van der Waals surface area contributed by atoms with E-state index in [1.165, 1.54) is 12.1 Å². The number of hydrogen-bond donors (Lipinski definition) is 1. The zero-order valence-electron chi connectivity index (χ0n) is 8.60. The average Bonchev–Trinajstić information content (AvgIpc) is 2.25. The Morgan fingerprint density at radius 3 is 2.94 bits per heavy atom. The Labute approximate surface area is 107 Å². The molecule has 1 atom stereocenters. The summed E-state index contributed by atoms with van der Waals surface area (Å²) in [6.07, 6.45) is 2.08. The summed E-state index contributed by atoms with van der Waals surface area (Å²) in [6.45, 7) is 1.48. The third-order valence-electron chi connectivity index (χ3n) is 2.52. The van der Waals surface area contributed by atoms with Crippen molar-refractivity contribution in [2.45, 2.75) is 18.9 Å². The Hall–Kier alpha value is -0.320. The standard InChI is InChI=1S/C11H12BrClFNO/c12-9-4-7(14)5-10(13)11(9)15-8-2-1-3-16-6-8/h4-5,8,15H,1-3,6H2. The third kappa shape index (κ3) is 2.87. The van der Waals surface area contributed by atoms with Crippen molar-refractivity contribution in [2.24, 2.45) is 0 Å². The molecule has 1 heterocycles. The van der Waals surface area contributed by atoms with Crippen molar-refractivity contribution in [1.29, 1.82) is 0 Å². The van der Waals surface area contributed by atoms with Gasteiger partial charge in [-0.25, -0.2) is 4.39 Å². The van der Waals surface area contributed by atoms with Gasteiger partial charge in [-0.1, -0.05) is 11.6 Å². The van der Waals surface area contributed by atoms with Gasteiger partial charge in [0.2, 0.25) is 0 Å². The molecule has 0 saturated carbocycles. The van der Waals surface area contributed by atoms with Crippen LogP contribution in [0.5, 0.6) is 0 Å². The second kappa shape index (κ2) is 5.34. The van der Waals surface area contributed by atoms with Crippen molar-refractivity contribution in [3.8, 4) is 0 Å². The number of benzene rings is 1. The van der Waals surface area contributed by atoms with Gasteiger partial charge in [-0.3, -0.25) is 0 Å². The van der Waals surface area contributed by atoms with E-state index < -0.39 is 0 Å². The zero-order valence-corrected chi connectivity index (χ0v) is 10.9. The second-order valence-corrected chi connectivity index (χ2v) is 5.06. The summed E-state index contributed by atoms with van der Waals surface area (Å²) in [5.41, 5.74) is 0.735. The number of ether oxygens (including phenoxy) is 1. The summed E-state index contributed by atoms with van der Waals surface area (Å²) in [6, 6.07) is 2.95. The molecule has 0 amide bonds. The highest BCUT2D eigenvalue weighted by Gasteiger charge is 2.16. The Morgan fingerprint density at radius 1 is 1.50 bits per heavy atom. The fourth-order valence-corrected chi connectivity index (χ4v) is 2.66. The Kier molecular flexibility index (Phi) is 4.05. The van der Waals surface area contributed by atoms with Crippen LogP contribution >= 0.6 is 27.5 Å². The predicted molar refractivity (Wildman–Crippen MR) is 66.6 cm³/mol. The lowest BCUT2D eigenvalue weighted by Crippen LogP contribution is -2.30. The summed E-state index contributed by atoms with van der Waals surface area (Å²) >= 11 is 9.28. The van der Waals surface area contributed by atoms with Crippen molar-refractivity contribution < 1.29 is 9.13 Å². The van der Waals surface area contributed by atoms with E-state index in [-0.39, 0.29) is 11.9 Å². The molecule has 0 radical (unpaired) electrons. The predicted octanol–water partition coefficient (Wildman–Crippen LogP) is 3.83. The van der Waals surface area contributed by atoms with Crippen molar-refractivity contribution in [3.63, 3.8) is 0 Å². The molecule has 1 N–H and O–H groups in total. The average molecular weight is 309 g/mol. The van der Waals surface area contributed by atoms with E-state index in [1.807, 2.05) is 0 Å². The molecular weight excluding hydrogens is 296 g/mol. The maximum atomic E-state index is 13.0. The summed E-state index contributed by atoms with van der Waals surface area (Å²) in [5.74, 6) is -0.345. The highest BCUT2D eigenvalue weighted by atomic mass is 79.9. The molecule has 0 aromatic heterocycles. The summed E-state index contributed by atoms with van der Waals surface area (Å²) in [5, 5.41) is 3.66. The number of halogens is 3. The van der Waals surface area contributed by atoms with Gasteiger partial charge in [0.15, 0.2) is 0 Å². The molecule has 2 rings (SSSR count). The molecule has 16 heavy (non-hydrogen) atoms. The summed E-state index contributed by atoms with van der Waals surface area (Å²) in [4.78, 5) is 0. The van der Waals surface area contributed by atoms with Crippen molar-refractivity contribution in [3.05, 3.63) is 27.4 Å². The van der Waals surface area contributed by atoms with Crippen LogP contribution in [-0.4, -0.2) is 19.3 Å². The highest BCUT2D eigenvalue weighted by molar-refractivity contribution is 9.10. The molecule has 5 heteroatoms. The Bertz CT molecular complexity index is 359. The second-order valence-electron chi connectivity index (χ2n) is 3.80. The van der Waals surface area contributed by atoms with Crippen LogP contribution in [0.3, 0.4) is 0 Å². The topological polar surface area (TPSA) is 21.3 Å². The van der Waals surface area contributed by atoms with Gasteiger partial charge in [0.05, 0.1) is 17.3 Å². The fraction of sp³-hybridized carbons (Fsp3) is 0.455. The first kappa shape index (κ1) is 12.1. The summed E-state index contributed by atoms with van der Waals surface area (Å²) in [7, 11) is 0. The van der Waals surface area contributed by atoms with E-state index in [0.29, 0.717) is 16.1 Å². The van der Waals surface area contributed by atoms with Gasteiger partial charge < -0.3 is 10.1 Å². The van der Waals surface area contributed by atoms with Crippen molar-refractivity contribution in [1.82, 2.24) is 0 Å². The monoisotopic (exact) mass is 307 g/mol. The lowest BCUT2D eigenvalue weighted by atomic mass is 10.1. The first-order valence-electron chi connectivity index (χ1n) is 5.15. The van der Waals surface area contributed by atoms with E-state index in [2.05, 4.69) is 21.2 Å². The zero-order chi connectivity index (χ0) is 11.5. The van der Waals surface area contributed by atoms with Gasteiger partial charge >= 0.3 is 0 Å². The molecule has 1 fully saturated rings. The molecular formula is C11H12BrClFNO. The van der Waals surface area contributed by atoms with Gasteiger partial charge in [-0.05, 0) is 40.9 Å². The third-order valence-corrected chi connectivity index (χ3v) is 3.44. The quantitative estimate of drug-likeness (QED) is 0.896. The van der Waals surface area contributed by atoms with Crippen LogP contribution in [0, 0.1) is 5.82 Å². The molecule has 88 valence electrons. The first-order valence-corrected chi connectivity index (χ1v) is 6.33. The van der Waals surface area contributed by atoms with Crippen LogP contribution in [0.15, 0.2) is 16.6 Å². The Balaban J connectivity index is 2.14. The van der Waals surface area contributed by atoms with Crippen LogP contribution < -0.4 is 5.32 Å². The van der Waals surface area contributed by atoms with Crippen molar-refractivity contribution in [2.75, 3.05) is 18.5 Å². The van der Waals surface area contributed by atoms with E-state index in [1.54, 1.807) is 0 Å². The van der Waals surface area contributed by atoms with Gasteiger partial charge in [0, 0.05) is 17.1 Å². The minimum Gasteiger partial charge on any atom is -0.379 e. The van der Waals surface area contributed by atoms with Crippen LogP contribution in [0.2, 0.25) is 5.02 Å². The minimum absolute atomic E-state index is 0.244. The highest BCUT2D eigenvalue weighted by Crippen LogP contribution is 2.32. The maximum Gasteiger partial charge on any atom is 0.125 e. The van der Waals surface area contributed by atoms with Crippen LogP contribution in [0.4, 0.5) is 10.1 Å². The molecule has 0 spiro atoms. The Morgan fingerprint density at radius 2 is 2.31 bits per heavy atom. The molecule has 2 nitrogen and oxygen atoms in total. The van der Waals surface area contributed by atoms with Crippen LogP contribution in [-0.2, 0) is 4.74 Å². The van der Waals surface area contributed by atoms with Gasteiger partial charge in [0.25, 0.3) is 0 Å². The van der Waals surface area contributed by atoms with Crippen molar-refractivity contribution >= 4 is 33.2 Å². The molecule has 0 bridgehead atoms. The van der Waals surface area contributed by atoms with E-state index in [0.717, 1.165) is 25.1 Å². The minimum atomic E-state index is -0.345. The summed E-state index contributed by atoms with van der Waals surface area (Å²) < 4.78 is 19.0. The molecule has 0 aliphatic carbocycles. The largest absolute Gasteiger partial charge is 0.379 e. The number of hydrogen-bond acceptors (Lipinski definition) is 2. The maximum absolute atomic E-state index is 13.0. The number of anilines is 1. The SMILES string of the molecule is Fc1cc(Cl)c(NC2CCCOC2)c(Br)c1. The number of rotatable bonds is 2. The number of nitrogens with one attached hydrogen (secondary N) is 1. The molecule has 1 unspecified atom stereocenters. The van der Waals surface area contributed by atoms with Crippen LogP contribution in [0.25, 0.3) is 0 Å². The smallest absolute Gasteiger partial charge is 0.125 e. The normalized spacial score (nSPS) is 20.8. The molecule has 1 saturated heterocycles. The molecule has 1 aromatic rings. The molecule has 1 aliphatic heterocycles. The van der Waals surface area contributed by atoms with Crippen LogP contribution in [0.1, 0.15) is 12.8 Å². The van der Waals surface area contributed by atoms with E-state index >= 15 is 0 Å². The van der Waals surface area contributed by atoms with Gasteiger partial charge in [0.1, 0.15) is 5.82 Å². The fourth-order valence-electron chi connectivity index (χ4n) is 1.74. The van der Waals surface area contributed by atoms with E-state index in [9.17, 15) is 4.39 Å². The van der Waals surface area contributed by atoms with Gasteiger partial charge in [-0.2, -0.15) is 0 Å².